The summed E-state index contributed by atoms with van der Waals surface area (Å²) in [4.78, 5) is 21.0. The van der Waals surface area contributed by atoms with E-state index < -0.39 is 0 Å². The fraction of sp³-hybridized carbons (Fsp3) is 0.647. The molecule has 0 spiro atoms. The van der Waals surface area contributed by atoms with Crippen LogP contribution in [0.5, 0.6) is 0 Å². The number of anilines is 1. The van der Waals surface area contributed by atoms with Crippen LogP contribution in [0.4, 0.5) is 5.82 Å². The molecule has 1 aromatic rings. The summed E-state index contributed by atoms with van der Waals surface area (Å²) in [7, 11) is 0. The number of piperidine rings is 1. The number of amides is 1. The van der Waals surface area contributed by atoms with Crippen molar-refractivity contribution in [3.8, 4) is 0 Å². The Labute approximate surface area is 131 Å². The van der Waals surface area contributed by atoms with Crippen molar-refractivity contribution in [1.82, 2.24) is 9.88 Å². The Hall–Kier alpha value is -1.62. The molecule has 1 unspecified atom stereocenters. The zero-order chi connectivity index (χ0) is 15.4. The van der Waals surface area contributed by atoms with Crippen LogP contribution in [0.3, 0.4) is 0 Å². The van der Waals surface area contributed by atoms with Crippen molar-refractivity contribution in [3.63, 3.8) is 0 Å². The highest BCUT2D eigenvalue weighted by atomic mass is 16.3. The smallest absolute Gasteiger partial charge is 0.255 e. The lowest BCUT2D eigenvalue weighted by atomic mass is 10.1. The van der Waals surface area contributed by atoms with Crippen LogP contribution in [0.15, 0.2) is 18.3 Å². The maximum absolute atomic E-state index is 12.4. The maximum Gasteiger partial charge on any atom is 0.255 e. The third-order valence-electron chi connectivity index (χ3n) is 4.61. The lowest BCUT2D eigenvalue weighted by Gasteiger charge is -2.30. The zero-order valence-electron chi connectivity index (χ0n) is 13.1. The van der Waals surface area contributed by atoms with Crippen LogP contribution >= 0.6 is 0 Å². The first-order chi connectivity index (χ1) is 10.7. The molecule has 3 rings (SSSR count). The number of carbonyl (C=O) groups excluding carboxylic acids is 1. The van der Waals surface area contributed by atoms with Gasteiger partial charge in [-0.05, 0) is 37.8 Å². The third-order valence-corrected chi connectivity index (χ3v) is 4.61. The van der Waals surface area contributed by atoms with E-state index in [1.807, 2.05) is 12.1 Å². The van der Waals surface area contributed by atoms with Gasteiger partial charge in [-0.25, -0.2) is 4.98 Å². The van der Waals surface area contributed by atoms with E-state index in [2.05, 4.69) is 9.88 Å². The van der Waals surface area contributed by atoms with Crippen molar-refractivity contribution in [3.05, 3.63) is 23.9 Å². The van der Waals surface area contributed by atoms with Crippen LogP contribution in [0.2, 0.25) is 0 Å². The summed E-state index contributed by atoms with van der Waals surface area (Å²) in [5.74, 6) is 0.950. The molecule has 0 bridgehead atoms. The summed E-state index contributed by atoms with van der Waals surface area (Å²) in [5, 5.41) is 9.70. The normalized spacial score (nSPS) is 23.2. The lowest BCUT2D eigenvalue weighted by Crippen LogP contribution is -2.42. The van der Waals surface area contributed by atoms with E-state index in [4.69, 9.17) is 0 Å². The van der Waals surface area contributed by atoms with Crippen molar-refractivity contribution in [1.29, 1.82) is 0 Å². The van der Waals surface area contributed by atoms with E-state index >= 15 is 0 Å². The number of hydrogen-bond acceptors (Lipinski definition) is 4. The minimum atomic E-state index is -0.387. The van der Waals surface area contributed by atoms with E-state index in [9.17, 15) is 9.90 Å². The first-order valence-electron chi connectivity index (χ1n) is 8.42. The number of carbonyl (C=O) groups is 1. The fourth-order valence-corrected chi connectivity index (χ4v) is 3.32. The largest absolute Gasteiger partial charge is 0.391 e. The second-order valence-corrected chi connectivity index (χ2v) is 6.35. The molecule has 1 amide bonds. The number of hydrogen-bond donors (Lipinski definition) is 1. The fourth-order valence-electron chi connectivity index (χ4n) is 3.32. The molecule has 2 fully saturated rings. The van der Waals surface area contributed by atoms with E-state index in [0.717, 1.165) is 38.3 Å². The van der Waals surface area contributed by atoms with Crippen molar-refractivity contribution in [2.75, 3.05) is 31.1 Å². The summed E-state index contributed by atoms with van der Waals surface area (Å²) >= 11 is 0. The van der Waals surface area contributed by atoms with Gasteiger partial charge in [0.25, 0.3) is 5.91 Å². The summed E-state index contributed by atoms with van der Waals surface area (Å²) in [6, 6.07) is 3.83. The molecule has 2 aliphatic rings. The Kier molecular flexibility index (Phi) is 4.93. The quantitative estimate of drug-likeness (QED) is 0.908. The minimum absolute atomic E-state index is 0.0198. The minimum Gasteiger partial charge on any atom is -0.391 e. The van der Waals surface area contributed by atoms with Crippen molar-refractivity contribution < 1.29 is 9.90 Å². The topological polar surface area (TPSA) is 56.7 Å². The summed E-state index contributed by atoms with van der Waals surface area (Å²) in [5.41, 5.74) is 0.618. The first kappa shape index (κ1) is 15.3. The molecule has 1 N–H and O–H groups in total. The van der Waals surface area contributed by atoms with Gasteiger partial charge in [-0.15, -0.1) is 0 Å². The number of β-amino-alcohol motifs (C(OH)–C–C–N with tert-alkyl or cyclic N) is 1. The molecule has 0 aliphatic carbocycles. The van der Waals surface area contributed by atoms with E-state index in [1.165, 1.54) is 25.7 Å². The lowest BCUT2D eigenvalue weighted by molar-refractivity contribution is 0.0473. The Morgan fingerprint density at radius 3 is 2.50 bits per heavy atom. The van der Waals surface area contributed by atoms with Gasteiger partial charge < -0.3 is 14.9 Å². The van der Waals surface area contributed by atoms with Gasteiger partial charge in [-0.2, -0.15) is 0 Å². The Balaban J connectivity index is 1.66. The number of aliphatic hydroxyl groups is 1. The number of aliphatic hydroxyl groups excluding tert-OH is 1. The van der Waals surface area contributed by atoms with Crippen LogP contribution in [-0.2, 0) is 0 Å². The highest BCUT2D eigenvalue weighted by Crippen LogP contribution is 2.19. The Bertz CT molecular complexity index is 495. The second-order valence-electron chi connectivity index (χ2n) is 6.35. The van der Waals surface area contributed by atoms with Gasteiger partial charge in [0.05, 0.1) is 11.7 Å². The molecule has 1 aromatic heterocycles. The number of rotatable bonds is 2. The van der Waals surface area contributed by atoms with Crippen LogP contribution in [0.25, 0.3) is 0 Å². The van der Waals surface area contributed by atoms with Crippen LogP contribution in [-0.4, -0.2) is 53.2 Å². The van der Waals surface area contributed by atoms with Gasteiger partial charge in [0, 0.05) is 32.4 Å². The average Bonchev–Trinajstić information content (AvgIpc) is 2.84. The predicted molar refractivity (Wildman–Crippen MR) is 86.1 cm³/mol. The van der Waals surface area contributed by atoms with Crippen LogP contribution in [0.1, 0.15) is 48.9 Å². The van der Waals surface area contributed by atoms with Gasteiger partial charge in [0.1, 0.15) is 5.82 Å². The van der Waals surface area contributed by atoms with Crippen LogP contribution < -0.4 is 4.90 Å². The molecular formula is C17H25N3O2. The van der Waals surface area contributed by atoms with Gasteiger partial charge >= 0.3 is 0 Å². The van der Waals surface area contributed by atoms with Gasteiger partial charge in [0.15, 0.2) is 0 Å². The molecule has 0 saturated carbocycles. The molecule has 3 heterocycles. The number of aromatic nitrogens is 1. The van der Waals surface area contributed by atoms with E-state index in [1.54, 1.807) is 11.1 Å². The number of pyridine rings is 1. The maximum atomic E-state index is 12.4. The van der Waals surface area contributed by atoms with Gasteiger partial charge in [-0.1, -0.05) is 12.8 Å². The Morgan fingerprint density at radius 1 is 1.09 bits per heavy atom. The molecule has 1 atom stereocenters. The zero-order valence-corrected chi connectivity index (χ0v) is 13.1. The van der Waals surface area contributed by atoms with E-state index in [-0.39, 0.29) is 12.0 Å². The molecule has 120 valence electrons. The monoisotopic (exact) mass is 303 g/mol. The molecule has 2 aliphatic heterocycles. The molecule has 5 nitrogen and oxygen atoms in total. The second kappa shape index (κ2) is 7.09. The van der Waals surface area contributed by atoms with Crippen molar-refractivity contribution in [2.24, 2.45) is 0 Å². The molecule has 0 aromatic carbocycles. The number of likely N-dealkylation sites (tertiary alicyclic amines) is 1. The Morgan fingerprint density at radius 2 is 1.86 bits per heavy atom. The van der Waals surface area contributed by atoms with Crippen LogP contribution in [0, 0.1) is 0 Å². The number of nitrogens with zero attached hydrogens (tertiary/aromatic N) is 3. The highest BCUT2D eigenvalue weighted by Gasteiger charge is 2.23. The van der Waals surface area contributed by atoms with Crippen molar-refractivity contribution >= 4 is 11.7 Å². The molecular weight excluding hydrogens is 278 g/mol. The van der Waals surface area contributed by atoms with Gasteiger partial charge in [-0.3, -0.25) is 4.79 Å². The highest BCUT2D eigenvalue weighted by molar-refractivity contribution is 5.94. The summed E-state index contributed by atoms with van der Waals surface area (Å²) in [6.07, 6.45) is 7.98. The summed E-state index contributed by atoms with van der Waals surface area (Å²) in [6.45, 7) is 3.27. The van der Waals surface area contributed by atoms with Crippen molar-refractivity contribution in [2.45, 2.75) is 44.6 Å². The van der Waals surface area contributed by atoms with Gasteiger partial charge in [0.2, 0.25) is 0 Å². The first-order valence-corrected chi connectivity index (χ1v) is 8.42. The molecule has 2 saturated heterocycles. The predicted octanol–water partition coefficient (Wildman–Crippen LogP) is 2.06. The molecule has 0 radical (unpaired) electrons. The SMILES string of the molecule is O=C(c1ccc(N2CCCCCC2)nc1)N1CCCC(O)C1. The van der Waals surface area contributed by atoms with E-state index in [0.29, 0.717) is 12.1 Å². The molecule has 5 heteroatoms. The molecule has 22 heavy (non-hydrogen) atoms. The third kappa shape index (κ3) is 3.58. The summed E-state index contributed by atoms with van der Waals surface area (Å²) < 4.78 is 0. The average molecular weight is 303 g/mol. The standard InChI is InChI=1S/C17H25N3O2/c21-15-6-5-11-20(13-15)17(22)14-7-8-16(18-12-14)19-9-3-1-2-4-10-19/h7-8,12,15,21H,1-6,9-11,13H2.